The van der Waals surface area contributed by atoms with E-state index < -0.39 is 0 Å². The van der Waals surface area contributed by atoms with Crippen LogP contribution in [0.3, 0.4) is 0 Å². The number of ether oxygens (including phenoxy) is 3. The van der Waals surface area contributed by atoms with Crippen molar-refractivity contribution in [2.75, 3.05) is 31.1 Å². The summed E-state index contributed by atoms with van der Waals surface area (Å²) in [7, 11) is 0. The summed E-state index contributed by atoms with van der Waals surface area (Å²) >= 11 is 0. The van der Waals surface area contributed by atoms with Gasteiger partial charge in [-0.2, -0.15) is 4.98 Å². The van der Waals surface area contributed by atoms with Crippen LogP contribution in [0, 0.1) is 0 Å². The number of benzene rings is 3. The third-order valence-corrected chi connectivity index (χ3v) is 8.39. The van der Waals surface area contributed by atoms with E-state index in [9.17, 15) is 4.79 Å². The Labute approximate surface area is 272 Å². The standard InChI is InChI=1S/C38H44N4O4/c1-38(2,3)46-35-22-34(35)42(21-20-39-27-43)32-23-41(24-32)31-16-14-30(15-17-31)33-18-19-36(44-25-28-10-6-4-7-11-28)40-37(33)45-26-29-12-8-5-9-13-29/h4-19,27,32,34-35H,20-26H2,1-3H3,(H,39,43). The van der Waals surface area contributed by atoms with Crippen LogP contribution in [0.5, 0.6) is 11.8 Å². The first-order valence-corrected chi connectivity index (χ1v) is 16.2. The van der Waals surface area contributed by atoms with Crippen LogP contribution >= 0.6 is 0 Å². The summed E-state index contributed by atoms with van der Waals surface area (Å²) in [5.74, 6) is 1.07. The van der Waals surface area contributed by atoms with Gasteiger partial charge >= 0.3 is 0 Å². The first-order chi connectivity index (χ1) is 22.4. The molecule has 0 spiro atoms. The molecule has 2 fully saturated rings. The van der Waals surface area contributed by atoms with Crippen LogP contribution in [-0.2, 0) is 22.7 Å². The molecule has 0 radical (unpaired) electrons. The highest BCUT2D eigenvalue weighted by molar-refractivity contribution is 5.71. The molecule has 46 heavy (non-hydrogen) atoms. The summed E-state index contributed by atoms with van der Waals surface area (Å²) in [6, 6.07) is 33.6. The maximum absolute atomic E-state index is 10.9. The molecule has 4 aromatic rings. The van der Waals surface area contributed by atoms with Gasteiger partial charge in [-0.15, -0.1) is 0 Å². The number of amides is 1. The van der Waals surface area contributed by atoms with Gasteiger partial charge in [0, 0.05) is 55.6 Å². The van der Waals surface area contributed by atoms with E-state index in [1.807, 2.05) is 72.8 Å². The minimum Gasteiger partial charge on any atom is -0.473 e. The van der Waals surface area contributed by atoms with Gasteiger partial charge in [0.1, 0.15) is 13.2 Å². The largest absolute Gasteiger partial charge is 0.473 e. The van der Waals surface area contributed by atoms with Gasteiger partial charge in [0.25, 0.3) is 0 Å². The number of hydrogen-bond acceptors (Lipinski definition) is 7. The predicted octanol–water partition coefficient (Wildman–Crippen LogP) is 6.10. The number of carbonyl (C=O) groups excluding carboxylic acids is 1. The molecule has 6 rings (SSSR count). The SMILES string of the molecule is CC(C)(C)OC1CC1N(CCNC=O)C1CN(c2ccc(-c3ccc(OCc4ccccc4)nc3OCc3ccccc3)cc2)C1. The van der Waals surface area contributed by atoms with Crippen molar-refractivity contribution in [3.63, 3.8) is 0 Å². The number of rotatable bonds is 15. The Morgan fingerprint density at radius 2 is 1.52 bits per heavy atom. The van der Waals surface area contributed by atoms with Gasteiger partial charge < -0.3 is 24.4 Å². The lowest BCUT2D eigenvalue weighted by Gasteiger charge is -2.47. The molecule has 1 aromatic heterocycles. The number of nitrogens with one attached hydrogen (secondary N) is 1. The molecule has 0 bridgehead atoms. The van der Waals surface area contributed by atoms with E-state index in [-0.39, 0.29) is 11.7 Å². The average Bonchev–Trinajstić information content (AvgIpc) is 3.79. The third kappa shape index (κ3) is 8.24. The van der Waals surface area contributed by atoms with Gasteiger partial charge in [0.15, 0.2) is 0 Å². The number of anilines is 1. The zero-order valence-electron chi connectivity index (χ0n) is 27.0. The number of pyridine rings is 1. The minimum atomic E-state index is -0.156. The number of hydrogen-bond donors (Lipinski definition) is 1. The number of nitrogens with zero attached hydrogens (tertiary/aromatic N) is 3. The van der Waals surface area contributed by atoms with Gasteiger partial charge in [-0.05, 0) is 62.1 Å². The number of aromatic nitrogens is 1. The third-order valence-electron chi connectivity index (χ3n) is 8.39. The summed E-state index contributed by atoms with van der Waals surface area (Å²) < 4.78 is 18.6. The van der Waals surface area contributed by atoms with Crippen molar-refractivity contribution in [2.45, 2.75) is 64.2 Å². The molecule has 1 aliphatic carbocycles. The van der Waals surface area contributed by atoms with Crippen LogP contribution in [0.25, 0.3) is 11.1 Å². The van der Waals surface area contributed by atoms with E-state index in [1.54, 1.807) is 0 Å². The van der Waals surface area contributed by atoms with E-state index in [0.29, 0.717) is 43.6 Å². The van der Waals surface area contributed by atoms with Crippen LogP contribution in [0.1, 0.15) is 38.3 Å². The molecule has 8 nitrogen and oxygen atoms in total. The quantitative estimate of drug-likeness (QED) is 0.127. The first-order valence-electron chi connectivity index (χ1n) is 16.2. The topological polar surface area (TPSA) is 76.2 Å². The van der Waals surface area contributed by atoms with E-state index >= 15 is 0 Å². The van der Waals surface area contributed by atoms with Gasteiger partial charge in [0.05, 0.1) is 11.7 Å². The lowest BCUT2D eigenvalue weighted by Crippen LogP contribution is -2.61. The predicted molar refractivity (Wildman–Crippen MR) is 181 cm³/mol. The fourth-order valence-corrected chi connectivity index (χ4v) is 5.98. The molecular weight excluding hydrogens is 576 g/mol. The van der Waals surface area contributed by atoms with Crippen LogP contribution in [-0.4, -0.2) is 66.3 Å². The van der Waals surface area contributed by atoms with E-state index in [1.165, 1.54) is 5.69 Å². The fourth-order valence-electron chi connectivity index (χ4n) is 5.98. The van der Waals surface area contributed by atoms with Gasteiger partial charge in [-0.1, -0.05) is 72.8 Å². The van der Waals surface area contributed by atoms with Crippen molar-refractivity contribution < 1.29 is 19.0 Å². The zero-order valence-corrected chi connectivity index (χ0v) is 27.0. The van der Waals surface area contributed by atoms with E-state index in [2.05, 4.69) is 60.2 Å². The highest BCUT2D eigenvalue weighted by Crippen LogP contribution is 2.38. The Hall–Kier alpha value is -4.40. The normalized spacial score (nSPS) is 17.8. The van der Waals surface area contributed by atoms with Crippen molar-refractivity contribution in [3.8, 4) is 22.9 Å². The van der Waals surface area contributed by atoms with Gasteiger partial charge in [0.2, 0.25) is 18.2 Å². The Balaban J connectivity index is 1.12. The molecule has 240 valence electrons. The van der Waals surface area contributed by atoms with Gasteiger partial charge in [-0.25, -0.2) is 0 Å². The van der Waals surface area contributed by atoms with Crippen LogP contribution in [0.4, 0.5) is 5.69 Å². The molecule has 1 saturated heterocycles. The number of carbonyl (C=O) groups is 1. The minimum absolute atomic E-state index is 0.156. The second-order valence-corrected chi connectivity index (χ2v) is 13.0. The second kappa shape index (κ2) is 14.4. The lowest BCUT2D eigenvalue weighted by atomic mass is 10.0. The van der Waals surface area contributed by atoms with Crippen LogP contribution in [0.2, 0.25) is 0 Å². The fraction of sp³-hybridized carbons (Fsp3) is 0.368. The maximum atomic E-state index is 10.9. The van der Waals surface area contributed by atoms with Crippen LogP contribution in [0.15, 0.2) is 97.1 Å². The maximum Gasteiger partial charge on any atom is 0.225 e. The van der Waals surface area contributed by atoms with E-state index in [4.69, 9.17) is 19.2 Å². The molecule has 2 atom stereocenters. The molecule has 2 unspecified atom stereocenters. The van der Waals surface area contributed by atoms with Crippen LogP contribution < -0.4 is 19.7 Å². The molecule has 1 saturated carbocycles. The summed E-state index contributed by atoms with van der Waals surface area (Å²) in [5.41, 5.74) is 5.15. The summed E-state index contributed by atoms with van der Waals surface area (Å²) in [4.78, 5) is 20.6. The van der Waals surface area contributed by atoms with Gasteiger partial charge in [-0.3, -0.25) is 9.69 Å². The monoisotopic (exact) mass is 620 g/mol. The van der Waals surface area contributed by atoms with Crippen molar-refractivity contribution in [2.24, 2.45) is 0 Å². The van der Waals surface area contributed by atoms with Crippen molar-refractivity contribution in [1.29, 1.82) is 0 Å². The molecule has 3 aromatic carbocycles. The lowest BCUT2D eigenvalue weighted by molar-refractivity contribution is -0.109. The van der Waals surface area contributed by atoms with Crippen molar-refractivity contribution in [1.82, 2.24) is 15.2 Å². The zero-order chi connectivity index (χ0) is 31.9. The van der Waals surface area contributed by atoms with Crippen molar-refractivity contribution in [3.05, 3.63) is 108 Å². The summed E-state index contributed by atoms with van der Waals surface area (Å²) in [5, 5.41) is 2.83. The molecule has 2 aliphatic rings. The molecule has 1 N–H and O–H groups in total. The molecule has 8 heteroatoms. The Bertz CT molecular complexity index is 1550. The van der Waals surface area contributed by atoms with E-state index in [0.717, 1.165) is 54.7 Å². The first kappa shape index (κ1) is 31.6. The smallest absolute Gasteiger partial charge is 0.225 e. The Morgan fingerprint density at radius 3 is 2.15 bits per heavy atom. The molecule has 1 amide bonds. The molecule has 2 heterocycles. The van der Waals surface area contributed by atoms with Crippen molar-refractivity contribution >= 4 is 12.1 Å². The molecule has 1 aliphatic heterocycles. The average molecular weight is 621 g/mol. The second-order valence-electron chi connectivity index (χ2n) is 13.0. The Morgan fingerprint density at radius 1 is 0.870 bits per heavy atom. The summed E-state index contributed by atoms with van der Waals surface area (Å²) in [6.45, 7) is 10.5. The highest BCUT2D eigenvalue weighted by Gasteiger charge is 2.48. The Kier molecular flexibility index (Phi) is 9.85. The molecular formula is C38H44N4O4. The summed E-state index contributed by atoms with van der Waals surface area (Å²) in [6.07, 6.45) is 2.08. The highest BCUT2D eigenvalue weighted by atomic mass is 16.5.